The average molecular weight is 302 g/mol. The van der Waals surface area contributed by atoms with Gasteiger partial charge in [-0.15, -0.1) is 0 Å². The second-order valence-electron chi connectivity index (χ2n) is 5.38. The first-order chi connectivity index (χ1) is 9.27. The van der Waals surface area contributed by atoms with Crippen molar-refractivity contribution in [3.63, 3.8) is 0 Å². The second kappa shape index (κ2) is 5.60. The minimum Gasteiger partial charge on any atom is -0.389 e. The van der Waals surface area contributed by atoms with E-state index in [1.54, 1.807) is 6.07 Å². The zero-order chi connectivity index (χ0) is 14.9. The van der Waals surface area contributed by atoms with E-state index in [2.05, 4.69) is 24.5 Å². The Morgan fingerprint density at radius 1 is 1.35 bits per heavy atom. The lowest BCUT2D eigenvalue weighted by Crippen LogP contribution is -2.20. The van der Waals surface area contributed by atoms with Crippen LogP contribution in [0.4, 0.5) is 18.9 Å². The molecule has 6 heteroatoms. The number of hydrogen-bond donors (Lipinski definition) is 2. The van der Waals surface area contributed by atoms with Crippen molar-refractivity contribution < 1.29 is 13.2 Å². The van der Waals surface area contributed by atoms with Gasteiger partial charge in [-0.2, -0.15) is 13.2 Å². The van der Waals surface area contributed by atoms with Crippen LogP contribution in [0.3, 0.4) is 0 Å². The number of rotatable bonds is 3. The standard InChI is InChI=1S/C14H17F3N2S/c1-8-2-3-9(6-8)19-10-4-5-11(13(18)20)12(7-10)14(15,16)17/h4-5,7-9,19H,2-3,6H2,1H3,(H2,18,20). The van der Waals surface area contributed by atoms with Gasteiger partial charge in [-0.25, -0.2) is 0 Å². The maximum atomic E-state index is 13.0. The highest BCUT2D eigenvalue weighted by Crippen LogP contribution is 2.35. The molecule has 1 aromatic carbocycles. The molecular formula is C14H17F3N2S. The largest absolute Gasteiger partial charge is 0.417 e. The Bertz CT molecular complexity index is 514. The van der Waals surface area contributed by atoms with Crippen molar-refractivity contribution in [2.24, 2.45) is 11.7 Å². The van der Waals surface area contributed by atoms with E-state index in [-0.39, 0.29) is 16.6 Å². The molecule has 0 heterocycles. The maximum absolute atomic E-state index is 13.0. The number of thiocarbonyl (C=S) groups is 1. The Morgan fingerprint density at radius 2 is 2.05 bits per heavy atom. The molecule has 110 valence electrons. The molecule has 0 spiro atoms. The van der Waals surface area contributed by atoms with Gasteiger partial charge in [-0.3, -0.25) is 0 Å². The molecule has 1 saturated carbocycles. The molecule has 2 atom stereocenters. The van der Waals surface area contributed by atoms with Crippen LogP contribution in [-0.4, -0.2) is 11.0 Å². The maximum Gasteiger partial charge on any atom is 0.417 e. The van der Waals surface area contributed by atoms with Crippen LogP contribution < -0.4 is 11.1 Å². The molecular weight excluding hydrogens is 285 g/mol. The van der Waals surface area contributed by atoms with E-state index in [0.717, 1.165) is 25.3 Å². The Kier molecular flexibility index (Phi) is 4.22. The SMILES string of the molecule is CC1CCC(Nc2ccc(C(N)=S)c(C(F)(F)F)c2)C1. The van der Waals surface area contributed by atoms with Gasteiger partial charge in [0.25, 0.3) is 0 Å². The molecule has 0 aliphatic heterocycles. The van der Waals surface area contributed by atoms with Gasteiger partial charge < -0.3 is 11.1 Å². The third-order valence-corrected chi connectivity index (χ3v) is 3.88. The monoisotopic (exact) mass is 302 g/mol. The van der Waals surface area contributed by atoms with E-state index < -0.39 is 11.7 Å². The third kappa shape index (κ3) is 3.42. The van der Waals surface area contributed by atoms with Gasteiger partial charge in [0, 0.05) is 17.3 Å². The average Bonchev–Trinajstić information content (AvgIpc) is 2.73. The van der Waals surface area contributed by atoms with Crippen molar-refractivity contribution in [2.75, 3.05) is 5.32 Å². The molecule has 2 nitrogen and oxygen atoms in total. The van der Waals surface area contributed by atoms with Crippen molar-refractivity contribution in [2.45, 2.75) is 38.4 Å². The van der Waals surface area contributed by atoms with Gasteiger partial charge in [0.1, 0.15) is 4.99 Å². The molecule has 0 radical (unpaired) electrons. The van der Waals surface area contributed by atoms with Crippen LogP contribution in [0.25, 0.3) is 0 Å². The van der Waals surface area contributed by atoms with E-state index in [9.17, 15) is 13.2 Å². The van der Waals surface area contributed by atoms with Gasteiger partial charge in [0.15, 0.2) is 0 Å². The van der Waals surface area contributed by atoms with E-state index in [1.165, 1.54) is 6.07 Å². The van der Waals surface area contributed by atoms with Gasteiger partial charge in [-0.1, -0.05) is 19.1 Å². The van der Waals surface area contributed by atoms with Crippen LogP contribution in [0, 0.1) is 5.92 Å². The number of anilines is 1. The second-order valence-corrected chi connectivity index (χ2v) is 5.82. The fourth-order valence-electron chi connectivity index (χ4n) is 2.66. The summed E-state index contributed by atoms with van der Waals surface area (Å²) in [7, 11) is 0. The van der Waals surface area contributed by atoms with Crippen LogP contribution in [-0.2, 0) is 6.18 Å². The summed E-state index contributed by atoms with van der Waals surface area (Å²) in [6.45, 7) is 2.15. The van der Waals surface area contributed by atoms with Crippen LogP contribution in [0.5, 0.6) is 0 Å². The summed E-state index contributed by atoms with van der Waals surface area (Å²) >= 11 is 4.68. The van der Waals surface area contributed by atoms with Crippen molar-refractivity contribution in [1.82, 2.24) is 0 Å². The normalized spacial score (nSPS) is 22.8. The van der Waals surface area contributed by atoms with E-state index >= 15 is 0 Å². The number of benzene rings is 1. The summed E-state index contributed by atoms with van der Waals surface area (Å²) in [5.74, 6) is 0.616. The predicted molar refractivity (Wildman–Crippen MR) is 77.8 cm³/mol. The highest BCUT2D eigenvalue weighted by Gasteiger charge is 2.34. The molecule has 1 aromatic rings. The quantitative estimate of drug-likeness (QED) is 0.831. The Hall–Kier alpha value is -1.30. The van der Waals surface area contributed by atoms with Crippen molar-refractivity contribution in [1.29, 1.82) is 0 Å². The Labute approximate surface area is 121 Å². The molecule has 1 aliphatic rings. The molecule has 2 rings (SSSR count). The predicted octanol–water partition coefficient (Wildman–Crippen LogP) is 3.94. The van der Waals surface area contributed by atoms with Crippen molar-refractivity contribution in [3.8, 4) is 0 Å². The highest BCUT2D eigenvalue weighted by atomic mass is 32.1. The van der Waals surface area contributed by atoms with Gasteiger partial charge >= 0.3 is 6.18 Å². The molecule has 0 amide bonds. The van der Waals surface area contributed by atoms with E-state index in [4.69, 9.17) is 5.73 Å². The summed E-state index contributed by atoms with van der Waals surface area (Å²) in [6.07, 6.45) is -1.38. The van der Waals surface area contributed by atoms with Crippen LogP contribution in [0.15, 0.2) is 18.2 Å². The highest BCUT2D eigenvalue weighted by molar-refractivity contribution is 7.80. The Balaban J connectivity index is 2.25. The van der Waals surface area contributed by atoms with Gasteiger partial charge in [0.2, 0.25) is 0 Å². The minimum atomic E-state index is -4.46. The summed E-state index contributed by atoms with van der Waals surface area (Å²) in [5, 5.41) is 3.17. The smallest absolute Gasteiger partial charge is 0.389 e. The molecule has 1 aliphatic carbocycles. The summed E-state index contributed by atoms with van der Waals surface area (Å²) in [6, 6.07) is 4.28. The van der Waals surface area contributed by atoms with E-state index in [1.807, 2.05) is 0 Å². The number of hydrogen-bond acceptors (Lipinski definition) is 2. The lowest BCUT2D eigenvalue weighted by atomic mass is 10.1. The molecule has 1 fully saturated rings. The fraction of sp³-hybridized carbons (Fsp3) is 0.500. The minimum absolute atomic E-state index is 0.127. The number of alkyl halides is 3. The summed E-state index contributed by atoms with van der Waals surface area (Å²) in [4.78, 5) is -0.238. The lowest BCUT2D eigenvalue weighted by Gasteiger charge is -2.18. The first kappa shape index (κ1) is 15.1. The lowest BCUT2D eigenvalue weighted by molar-refractivity contribution is -0.137. The summed E-state index contributed by atoms with van der Waals surface area (Å²) in [5.41, 5.74) is 4.92. The zero-order valence-corrected chi connectivity index (χ0v) is 11.9. The number of nitrogens with one attached hydrogen (secondary N) is 1. The molecule has 3 N–H and O–H groups in total. The third-order valence-electron chi connectivity index (χ3n) is 3.66. The van der Waals surface area contributed by atoms with Crippen molar-refractivity contribution >= 4 is 22.9 Å². The summed E-state index contributed by atoms with van der Waals surface area (Å²) < 4.78 is 39.1. The molecule has 0 bridgehead atoms. The van der Waals surface area contributed by atoms with Gasteiger partial charge in [0.05, 0.1) is 5.56 Å². The molecule has 20 heavy (non-hydrogen) atoms. The molecule has 0 aromatic heterocycles. The topological polar surface area (TPSA) is 38.0 Å². The van der Waals surface area contributed by atoms with Crippen LogP contribution in [0.2, 0.25) is 0 Å². The molecule has 0 saturated heterocycles. The van der Waals surface area contributed by atoms with Crippen molar-refractivity contribution in [3.05, 3.63) is 29.3 Å². The number of nitrogens with two attached hydrogens (primary N) is 1. The van der Waals surface area contributed by atoms with Crippen LogP contribution >= 0.6 is 12.2 Å². The first-order valence-corrected chi connectivity index (χ1v) is 6.96. The fourth-order valence-corrected chi connectivity index (χ4v) is 2.84. The first-order valence-electron chi connectivity index (χ1n) is 6.55. The Morgan fingerprint density at radius 3 is 2.55 bits per heavy atom. The van der Waals surface area contributed by atoms with Gasteiger partial charge in [-0.05, 0) is 43.4 Å². The number of halogens is 3. The molecule has 2 unspecified atom stereocenters. The van der Waals surface area contributed by atoms with E-state index in [0.29, 0.717) is 11.6 Å². The zero-order valence-electron chi connectivity index (χ0n) is 11.1. The van der Waals surface area contributed by atoms with Crippen LogP contribution in [0.1, 0.15) is 37.3 Å².